The molecule has 4 rings (SSSR count). The fraction of sp³-hybridized carbons (Fsp3) is 0.438. The van der Waals surface area contributed by atoms with Crippen LogP contribution in [0.2, 0.25) is 0 Å². The van der Waals surface area contributed by atoms with Crippen LogP contribution in [0.1, 0.15) is 0 Å². The van der Waals surface area contributed by atoms with Crippen LogP contribution in [-0.4, -0.2) is 68.8 Å². The third-order valence-corrected chi connectivity index (χ3v) is 6.64. The lowest BCUT2D eigenvalue weighted by molar-refractivity contribution is 0.383. The number of fused-ring (bicyclic) bond motifs is 1. The fourth-order valence-electron chi connectivity index (χ4n) is 3.41. The van der Waals surface area contributed by atoms with E-state index in [0.717, 1.165) is 42.8 Å². The molecule has 3 heterocycles. The van der Waals surface area contributed by atoms with Crippen molar-refractivity contribution >= 4 is 32.8 Å². The number of nitrogens with one attached hydrogen (secondary N) is 1. The van der Waals surface area contributed by atoms with Crippen LogP contribution in [0, 0.1) is 0 Å². The van der Waals surface area contributed by atoms with E-state index in [1.165, 1.54) is 10.2 Å². The summed E-state index contributed by atoms with van der Waals surface area (Å²) in [5.74, 6) is 0. The van der Waals surface area contributed by atoms with Gasteiger partial charge in [0.25, 0.3) is 10.0 Å². The molecule has 8 heteroatoms. The summed E-state index contributed by atoms with van der Waals surface area (Å²) in [4.78, 5) is 8.11. The van der Waals surface area contributed by atoms with Gasteiger partial charge >= 0.3 is 0 Å². The minimum Gasteiger partial charge on any atom is -0.368 e. The van der Waals surface area contributed by atoms with Crippen molar-refractivity contribution in [3.05, 3.63) is 30.5 Å². The van der Waals surface area contributed by atoms with Crippen molar-refractivity contribution in [2.45, 2.75) is 5.37 Å². The summed E-state index contributed by atoms with van der Waals surface area (Å²) in [6.45, 7) is 4.15. The lowest BCUT2D eigenvalue weighted by Gasteiger charge is -2.30. The maximum absolute atomic E-state index is 13.0. The number of hydrogen-bond acceptors (Lipinski definition) is 6. The van der Waals surface area contributed by atoms with Crippen molar-refractivity contribution < 1.29 is 8.42 Å². The van der Waals surface area contributed by atoms with Crippen molar-refractivity contribution in [3.8, 4) is 0 Å². The summed E-state index contributed by atoms with van der Waals surface area (Å²) in [5, 5.41) is 3.60. The number of nitrogens with zero attached hydrogens (tertiary/aromatic N) is 4. The van der Waals surface area contributed by atoms with E-state index in [0.29, 0.717) is 6.67 Å². The average molecular weight is 347 g/mol. The van der Waals surface area contributed by atoms with Crippen molar-refractivity contribution in [2.75, 3.05) is 44.8 Å². The van der Waals surface area contributed by atoms with Crippen LogP contribution in [-0.2, 0) is 10.0 Å². The molecule has 1 atom stereocenters. The van der Waals surface area contributed by atoms with E-state index >= 15 is 0 Å². The van der Waals surface area contributed by atoms with Gasteiger partial charge in [-0.25, -0.2) is 12.4 Å². The van der Waals surface area contributed by atoms with Gasteiger partial charge in [0.1, 0.15) is 0 Å². The molecule has 1 aromatic heterocycles. The summed E-state index contributed by atoms with van der Waals surface area (Å²) >= 11 is 0. The normalized spacial score (nSPS) is 22.5. The second-order valence-corrected chi connectivity index (χ2v) is 8.13. The molecule has 2 aliphatic heterocycles. The first-order valence-electron chi connectivity index (χ1n) is 8.09. The SMILES string of the molecule is CN1CN=CC1S(=O)(=O)n1ccc2c(N3CCNCC3)cccc21. The number of aromatic nitrogens is 1. The summed E-state index contributed by atoms with van der Waals surface area (Å²) < 4.78 is 27.4. The van der Waals surface area contributed by atoms with Gasteiger partial charge in [-0.05, 0) is 25.2 Å². The van der Waals surface area contributed by atoms with E-state index < -0.39 is 15.4 Å². The number of rotatable bonds is 3. The van der Waals surface area contributed by atoms with Gasteiger partial charge in [0.05, 0.1) is 12.2 Å². The summed E-state index contributed by atoms with van der Waals surface area (Å²) in [7, 11) is -1.79. The minimum absolute atomic E-state index is 0.412. The molecule has 1 saturated heterocycles. The number of benzene rings is 1. The van der Waals surface area contributed by atoms with E-state index in [4.69, 9.17) is 0 Å². The minimum atomic E-state index is -3.56. The highest BCUT2D eigenvalue weighted by Crippen LogP contribution is 2.30. The van der Waals surface area contributed by atoms with Gasteiger partial charge < -0.3 is 10.2 Å². The van der Waals surface area contributed by atoms with Crippen LogP contribution in [0.3, 0.4) is 0 Å². The molecule has 2 aromatic rings. The van der Waals surface area contributed by atoms with E-state index in [2.05, 4.69) is 21.3 Å². The molecule has 1 N–H and O–H groups in total. The van der Waals surface area contributed by atoms with E-state index in [1.807, 2.05) is 18.2 Å². The Morgan fingerprint density at radius 2 is 2.00 bits per heavy atom. The highest BCUT2D eigenvalue weighted by Gasteiger charge is 2.33. The second-order valence-electron chi connectivity index (χ2n) is 6.22. The molecule has 24 heavy (non-hydrogen) atoms. The van der Waals surface area contributed by atoms with Crippen LogP contribution in [0.15, 0.2) is 35.5 Å². The van der Waals surface area contributed by atoms with Crippen molar-refractivity contribution in [1.29, 1.82) is 0 Å². The average Bonchev–Trinajstić information content (AvgIpc) is 3.22. The van der Waals surface area contributed by atoms with Gasteiger partial charge in [0.15, 0.2) is 5.37 Å². The van der Waals surface area contributed by atoms with Crippen LogP contribution in [0.4, 0.5) is 5.69 Å². The maximum atomic E-state index is 13.0. The zero-order valence-electron chi connectivity index (χ0n) is 13.6. The lowest BCUT2D eigenvalue weighted by Crippen LogP contribution is -2.43. The molecule has 2 aliphatic rings. The molecular weight excluding hydrogens is 326 g/mol. The smallest absolute Gasteiger partial charge is 0.260 e. The topological polar surface area (TPSA) is 69.9 Å². The Balaban J connectivity index is 1.79. The first-order chi connectivity index (χ1) is 11.6. The van der Waals surface area contributed by atoms with Crippen LogP contribution in [0.5, 0.6) is 0 Å². The van der Waals surface area contributed by atoms with Gasteiger partial charge in [-0.1, -0.05) is 6.07 Å². The molecule has 0 amide bonds. The highest BCUT2D eigenvalue weighted by atomic mass is 32.2. The number of anilines is 1. The lowest BCUT2D eigenvalue weighted by atomic mass is 10.2. The van der Waals surface area contributed by atoms with Gasteiger partial charge in [-0.3, -0.25) is 9.89 Å². The summed E-state index contributed by atoms with van der Waals surface area (Å²) in [6, 6.07) is 7.76. The molecule has 0 saturated carbocycles. The molecule has 7 nitrogen and oxygen atoms in total. The van der Waals surface area contributed by atoms with Crippen molar-refractivity contribution in [3.63, 3.8) is 0 Å². The molecule has 0 bridgehead atoms. The Kier molecular flexibility index (Phi) is 3.82. The largest absolute Gasteiger partial charge is 0.368 e. The third kappa shape index (κ3) is 2.42. The number of hydrogen-bond donors (Lipinski definition) is 1. The summed E-state index contributed by atoms with van der Waals surface area (Å²) in [6.07, 6.45) is 3.17. The van der Waals surface area contributed by atoms with Gasteiger partial charge in [-0.15, -0.1) is 0 Å². The Morgan fingerprint density at radius 1 is 1.21 bits per heavy atom. The Morgan fingerprint density at radius 3 is 2.71 bits per heavy atom. The zero-order chi connectivity index (χ0) is 16.7. The van der Waals surface area contributed by atoms with Crippen LogP contribution >= 0.6 is 0 Å². The Hall–Kier alpha value is -1.90. The van der Waals surface area contributed by atoms with Gasteiger partial charge in [-0.2, -0.15) is 0 Å². The van der Waals surface area contributed by atoms with E-state index in [1.54, 1.807) is 18.1 Å². The maximum Gasteiger partial charge on any atom is 0.260 e. The number of aliphatic imine (C=N–C) groups is 1. The second kappa shape index (κ2) is 5.87. The molecule has 1 aromatic carbocycles. The van der Waals surface area contributed by atoms with Crippen molar-refractivity contribution in [1.82, 2.24) is 14.2 Å². The Bertz CT molecular complexity index is 883. The highest BCUT2D eigenvalue weighted by molar-refractivity contribution is 7.91. The molecule has 0 spiro atoms. The van der Waals surface area contributed by atoms with Crippen molar-refractivity contribution in [2.24, 2.45) is 4.99 Å². The molecule has 0 aliphatic carbocycles. The zero-order valence-corrected chi connectivity index (χ0v) is 14.4. The van der Waals surface area contributed by atoms with Gasteiger partial charge in [0.2, 0.25) is 0 Å². The fourth-order valence-corrected chi connectivity index (χ4v) is 5.07. The molecule has 128 valence electrons. The first-order valence-corrected chi connectivity index (χ1v) is 9.60. The predicted molar refractivity (Wildman–Crippen MR) is 96.2 cm³/mol. The van der Waals surface area contributed by atoms with Crippen LogP contribution < -0.4 is 10.2 Å². The molecule has 1 fully saturated rings. The monoisotopic (exact) mass is 347 g/mol. The van der Waals surface area contributed by atoms with E-state index in [9.17, 15) is 8.42 Å². The molecular formula is C16H21N5O2S. The summed E-state index contributed by atoms with van der Waals surface area (Å²) in [5.41, 5.74) is 1.82. The third-order valence-electron chi connectivity index (χ3n) is 4.68. The predicted octanol–water partition coefficient (Wildman–Crippen LogP) is 0.529. The van der Waals surface area contributed by atoms with E-state index in [-0.39, 0.29) is 0 Å². The molecule has 1 unspecified atom stereocenters. The first kappa shape index (κ1) is 15.6. The number of piperazine rings is 1. The molecule has 0 radical (unpaired) electrons. The van der Waals surface area contributed by atoms with Gasteiger partial charge in [0, 0.05) is 49.7 Å². The Labute approximate surface area is 141 Å². The standard InChI is InChI=1S/C16H21N5O2S/c1-19-12-18-11-16(19)24(22,23)21-8-5-13-14(3-2-4-15(13)21)20-9-6-17-7-10-20/h2-5,8,11,16-17H,6-7,9-10,12H2,1H3. The quantitative estimate of drug-likeness (QED) is 0.877. The van der Waals surface area contributed by atoms with Crippen LogP contribution in [0.25, 0.3) is 10.9 Å².